The van der Waals surface area contributed by atoms with Crippen molar-refractivity contribution in [2.45, 2.75) is 32.4 Å². The maximum absolute atomic E-state index is 13.6. The molecule has 1 aliphatic rings. The molecule has 0 amide bonds. The van der Waals surface area contributed by atoms with Crippen LogP contribution < -0.4 is 0 Å². The highest BCUT2D eigenvalue weighted by atomic mass is 19.1. The van der Waals surface area contributed by atoms with E-state index in [-0.39, 0.29) is 12.4 Å². The molecule has 3 rings (SSSR count). The zero-order valence-electron chi connectivity index (χ0n) is 10.1. The van der Waals surface area contributed by atoms with E-state index in [9.17, 15) is 9.50 Å². The van der Waals surface area contributed by atoms with Gasteiger partial charge in [-0.2, -0.15) is 0 Å². The molecule has 94 valence electrons. The molecule has 0 radical (unpaired) electrons. The van der Waals surface area contributed by atoms with Crippen molar-refractivity contribution in [1.29, 1.82) is 0 Å². The lowest BCUT2D eigenvalue weighted by Crippen LogP contribution is -2.03. The fourth-order valence-corrected chi connectivity index (χ4v) is 2.08. The lowest BCUT2D eigenvalue weighted by Gasteiger charge is -2.08. The first-order valence-electron chi connectivity index (χ1n) is 6.02. The van der Waals surface area contributed by atoms with E-state index >= 15 is 0 Å². The van der Waals surface area contributed by atoms with Crippen LogP contribution in [0, 0.1) is 12.7 Å². The van der Waals surface area contributed by atoms with Crippen LogP contribution in [0.25, 0.3) is 11.4 Å². The summed E-state index contributed by atoms with van der Waals surface area (Å²) in [6.07, 6.45) is 2.12. The summed E-state index contributed by atoms with van der Waals surface area (Å²) in [5.74, 6) is 0.942. The molecule has 18 heavy (non-hydrogen) atoms. The van der Waals surface area contributed by atoms with Gasteiger partial charge in [0.05, 0.1) is 0 Å². The van der Waals surface area contributed by atoms with E-state index in [0.29, 0.717) is 28.8 Å². The third-order valence-electron chi connectivity index (χ3n) is 3.25. The van der Waals surface area contributed by atoms with Crippen molar-refractivity contribution in [2.75, 3.05) is 0 Å². The van der Waals surface area contributed by atoms with Gasteiger partial charge in [-0.25, -0.2) is 4.39 Å². The van der Waals surface area contributed by atoms with Crippen LogP contribution in [-0.4, -0.2) is 19.9 Å². The fourth-order valence-electron chi connectivity index (χ4n) is 2.08. The van der Waals surface area contributed by atoms with Gasteiger partial charge in [0.25, 0.3) is 0 Å². The van der Waals surface area contributed by atoms with E-state index < -0.39 is 0 Å². The van der Waals surface area contributed by atoms with E-state index in [1.807, 2.05) is 10.6 Å². The van der Waals surface area contributed by atoms with Crippen molar-refractivity contribution in [3.8, 4) is 11.4 Å². The zero-order valence-corrected chi connectivity index (χ0v) is 10.1. The lowest BCUT2D eigenvalue weighted by atomic mass is 10.1. The molecule has 0 spiro atoms. The third-order valence-corrected chi connectivity index (χ3v) is 3.25. The molecule has 1 N–H and O–H groups in total. The minimum absolute atomic E-state index is 0.141. The molecule has 1 aromatic carbocycles. The van der Waals surface area contributed by atoms with Gasteiger partial charge in [0.15, 0.2) is 11.6 Å². The highest BCUT2D eigenvalue weighted by Crippen LogP contribution is 2.39. The van der Waals surface area contributed by atoms with Crippen LogP contribution in [0.15, 0.2) is 18.2 Å². The van der Waals surface area contributed by atoms with Gasteiger partial charge < -0.3 is 9.67 Å². The van der Waals surface area contributed by atoms with Crippen molar-refractivity contribution in [3.05, 3.63) is 35.4 Å². The molecule has 0 aliphatic heterocycles. The number of nitrogens with zero attached hydrogens (tertiary/aromatic N) is 3. The minimum atomic E-state index is -0.247. The summed E-state index contributed by atoms with van der Waals surface area (Å²) < 4.78 is 15.5. The minimum Gasteiger partial charge on any atom is -0.388 e. The number of aryl methyl sites for hydroxylation is 1. The first-order valence-corrected chi connectivity index (χ1v) is 6.02. The Labute approximate surface area is 104 Å². The van der Waals surface area contributed by atoms with Crippen LogP contribution in [0.5, 0.6) is 0 Å². The number of benzene rings is 1. The van der Waals surface area contributed by atoms with Crippen molar-refractivity contribution in [2.24, 2.45) is 0 Å². The van der Waals surface area contributed by atoms with Crippen LogP contribution >= 0.6 is 0 Å². The Morgan fingerprint density at radius 2 is 2.17 bits per heavy atom. The Morgan fingerprint density at radius 1 is 1.39 bits per heavy atom. The van der Waals surface area contributed by atoms with Crippen LogP contribution in [-0.2, 0) is 6.61 Å². The second-order valence-corrected chi connectivity index (χ2v) is 4.66. The van der Waals surface area contributed by atoms with Gasteiger partial charge in [-0.15, -0.1) is 10.2 Å². The molecule has 0 atom stereocenters. The average Bonchev–Trinajstić information content (AvgIpc) is 3.12. The van der Waals surface area contributed by atoms with Gasteiger partial charge in [-0.05, 0) is 31.4 Å². The number of rotatable bonds is 3. The number of aliphatic hydroxyl groups excluding tert-OH is 1. The second-order valence-electron chi connectivity index (χ2n) is 4.66. The predicted molar refractivity (Wildman–Crippen MR) is 64.3 cm³/mol. The Kier molecular flexibility index (Phi) is 2.63. The molecule has 0 bridgehead atoms. The second kappa shape index (κ2) is 4.17. The third kappa shape index (κ3) is 1.80. The normalized spacial score (nSPS) is 15.1. The summed E-state index contributed by atoms with van der Waals surface area (Å²) >= 11 is 0. The van der Waals surface area contributed by atoms with Gasteiger partial charge in [-0.1, -0.05) is 12.1 Å². The van der Waals surface area contributed by atoms with E-state index in [1.54, 1.807) is 13.0 Å². The Balaban J connectivity index is 2.10. The quantitative estimate of drug-likeness (QED) is 0.904. The summed E-state index contributed by atoms with van der Waals surface area (Å²) in [7, 11) is 0. The molecule has 1 fully saturated rings. The average molecular weight is 247 g/mol. The van der Waals surface area contributed by atoms with Crippen molar-refractivity contribution >= 4 is 0 Å². The molecule has 1 aromatic heterocycles. The molecular weight excluding hydrogens is 233 g/mol. The maximum Gasteiger partial charge on any atom is 0.164 e. The number of hydrogen-bond acceptors (Lipinski definition) is 3. The first-order chi connectivity index (χ1) is 8.70. The maximum atomic E-state index is 13.6. The Bertz CT molecular complexity index is 590. The number of aliphatic hydroxyl groups is 1. The van der Waals surface area contributed by atoms with E-state index in [4.69, 9.17) is 0 Å². The molecule has 0 saturated heterocycles. The van der Waals surface area contributed by atoms with Gasteiger partial charge in [-0.3, -0.25) is 0 Å². The standard InChI is InChI=1S/C13H14FN3O/c1-8-2-3-9(6-11(8)14)13-16-15-12(7-18)17(13)10-4-5-10/h2-3,6,10,18H,4-5,7H2,1H3. The molecule has 1 aliphatic carbocycles. The van der Waals surface area contributed by atoms with E-state index in [0.717, 1.165) is 12.8 Å². The summed E-state index contributed by atoms with van der Waals surface area (Å²) in [6, 6.07) is 5.39. The molecule has 2 aromatic rings. The molecular formula is C13H14FN3O. The smallest absolute Gasteiger partial charge is 0.164 e. The van der Waals surface area contributed by atoms with Gasteiger partial charge in [0.2, 0.25) is 0 Å². The van der Waals surface area contributed by atoms with Gasteiger partial charge >= 0.3 is 0 Å². The SMILES string of the molecule is Cc1ccc(-c2nnc(CO)n2C2CC2)cc1F. The molecule has 1 saturated carbocycles. The van der Waals surface area contributed by atoms with Crippen molar-refractivity contribution in [1.82, 2.24) is 14.8 Å². The largest absolute Gasteiger partial charge is 0.388 e. The van der Waals surface area contributed by atoms with Crippen molar-refractivity contribution < 1.29 is 9.50 Å². The molecule has 0 unspecified atom stereocenters. The summed E-state index contributed by atoms with van der Waals surface area (Å²) in [6.45, 7) is 1.59. The van der Waals surface area contributed by atoms with Gasteiger partial charge in [0, 0.05) is 11.6 Å². The summed E-state index contributed by atoms with van der Waals surface area (Å²) in [4.78, 5) is 0. The lowest BCUT2D eigenvalue weighted by molar-refractivity contribution is 0.265. The molecule has 5 heteroatoms. The van der Waals surface area contributed by atoms with Crippen LogP contribution in [0.4, 0.5) is 4.39 Å². The molecule has 1 heterocycles. The predicted octanol–water partition coefficient (Wildman–Crippen LogP) is 2.22. The van der Waals surface area contributed by atoms with Crippen LogP contribution in [0.1, 0.15) is 30.3 Å². The highest BCUT2D eigenvalue weighted by molar-refractivity contribution is 5.56. The monoisotopic (exact) mass is 247 g/mol. The highest BCUT2D eigenvalue weighted by Gasteiger charge is 2.29. The first kappa shape index (κ1) is 11.3. The number of halogens is 1. The van der Waals surface area contributed by atoms with E-state index in [2.05, 4.69) is 10.2 Å². The zero-order chi connectivity index (χ0) is 12.7. The summed E-state index contributed by atoms with van der Waals surface area (Å²) in [5, 5.41) is 17.3. The van der Waals surface area contributed by atoms with Crippen molar-refractivity contribution in [3.63, 3.8) is 0 Å². The van der Waals surface area contributed by atoms with Gasteiger partial charge in [0.1, 0.15) is 12.4 Å². The van der Waals surface area contributed by atoms with E-state index in [1.165, 1.54) is 6.07 Å². The summed E-state index contributed by atoms with van der Waals surface area (Å²) in [5.41, 5.74) is 1.32. The molecule has 4 nitrogen and oxygen atoms in total. The topological polar surface area (TPSA) is 50.9 Å². The fraction of sp³-hybridized carbons (Fsp3) is 0.385. The number of aromatic nitrogens is 3. The van der Waals surface area contributed by atoms with Crippen LogP contribution in [0.3, 0.4) is 0 Å². The Hall–Kier alpha value is -1.75. The Morgan fingerprint density at radius 3 is 2.78 bits per heavy atom. The van der Waals surface area contributed by atoms with Crippen LogP contribution in [0.2, 0.25) is 0 Å². The number of hydrogen-bond donors (Lipinski definition) is 1.